The van der Waals surface area contributed by atoms with E-state index >= 15 is 0 Å². The Balaban J connectivity index is 1.98. The Morgan fingerprint density at radius 1 is 1.40 bits per heavy atom. The standard InChI is InChI=1S/C12H17NO2/c1-15-10-4-2-9(3-5-10)8-11-12(14)6-7-13-11/h2-5,11-14H,6-8H2,1H3. The van der Waals surface area contributed by atoms with E-state index in [1.165, 1.54) is 5.56 Å². The van der Waals surface area contributed by atoms with Crippen LogP contribution in [0.25, 0.3) is 0 Å². The summed E-state index contributed by atoms with van der Waals surface area (Å²) < 4.78 is 5.10. The number of methoxy groups -OCH3 is 1. The van der Waals surface area contributed by atoms with Crippen molar-refractivity contribution in [1.29, 1.82) is 0 Å². The van der Waals surface area contributed by atoms with Gasteiger partial charge in [-0.15, -0.1) is 0 Å². The molecule has 2 rings (SSSR count). The summed E-state index contributed by atoms with van der Waals surface area (Å²) in [5, 5.41) is 13.0. The Labute approximate surface area is 90.1 Å². The minimum absolute atomic E-state index is 0.202. The second-order valence-electron chi connectivity index (χ2n) is 3.97. The second-order valence-corrected chi connectivity index (χ2v) is 3.97. The van der Waals surface area contributed by atoms with Crippen molar-refractivity contribution in [3.63, 3.8) is 0 Å². The van der Waals surface area contributed by atoms with Gasteiger partial charge in [-0.05, 0) is 37.1 Å². The summed E-state index contributed by atoms with van der Waals surface area (Å²) in [5.74, 6) is 0.874. The van der Waals surface area contributed by atoms with Gasteiger partial charge in [-0.2, -0.15) is 0 Å². The lowest BCUT2D eigenvalue weighted by Gasteiger charge is -2.14. The zero-order valence-corrected chi connectivity index (χ0v) is 8.94. The van der Waals surface area contributed by atoms with Gasteiger partial charge in [0.15, 0.2) is 0 Å². The Morgan fingerprint density at radius 3 is 2.67 bits per heavy atom. The molecule has 82 valence electrons. The van der Waals surface area contributed by atoms with Crippen LogP contribution < -0.4 is 10.1 Å². The van der Waals surface area contributed by atoms with Crippen LogP contribution in [-0.2, 0) is 6.42 Å². The molecule has 0 amide bonds. The van der Waals surface area contributed by atoms with Crippen molar-refractivity contribution in [3.05, 3.63) is 29.8 Å². The Morgan fingerprint density at radius 2 is 2.13 bits per heavy atom. The summed E-state index contributed by atoms with van der Waals surface area (Å²) in [6, 6.07) is 8.21. The van der Waals surface area contributed by atoms with Crippen molar-refractivity contribution in [1.82, 2.24) is 5.32 Å². The van der Waals surface area contributed by atoms with E-state index in [0.29, 0.717) is 0 Å². The van der Waals surface area contributed by atoms with Crippen LogP contribution in [-0.4, -0.2) is 30.9 Å². The normalized spacial score (nSPS) is 25.5. The van der Waals surface area contributed by atoms with E-state index in [1.54, 1.807) is 7.11 Å². The van der Waals surface area contributed by atoms with Gasteiger partial charge in [0.2, 0.25) is 0 Å². The van der Waals surface area contributed by atoms with Crippen LogP contribution in [0.2, 0.25) is 0 Å². The second kappa shape index (κ2) is 4.64. The highest BCUT2D eigenvalue weighted by molar-refractivity contribution is 5.27. The smallest absolute Gasteiger partial charge is 0.118 e. The van der Waals surface area contributed by atoms with Gasteiger partial charge in [0.1, 0.15) is 5.75 Å². The number of hydrogen-bond donors (Lipinski definition) is 2. The molecule has 2 unspecified atom stereocenters. The van der Waals surface area contributed by atoms with Crippen molar-refractivity contribution in [3.8, 4) is 5.75 Å². The largest absolute Gasteiger partial charge is 0.497 e. The molecular weight excluding hydrogens is 190 g/mol. The summed E-state index contributed by atoms with van der Waals surface area (Å²) in [6.07, 6.45) is 1.54. The molecular formula is C12H17NO2. The van der Waals surface area contributed by atoms with Crippen LogP contribution in [0.1, 0.15) is 12.0 Å². The van der Waals surface area contributed by atoms with Crippen molar-refractivity contribution >= 4 is 0 Å². The molecule has 1 aliphatic heterocycles. The molecule has 2 N–H and O–H groups in total. The molecule has 1 saturated heterocycles. The van der Waals surface area contributed by atoms with Gasteiger partial charge in [0.25, 0.3) is 0 Å². The minimum atomic E-state index is -0.202. The topological polar surface area (TPSA) is 41.5 Å². The van der Waals surface area contributed by atoms with Crippen LogP contribution in [0, 0.1) is 0 Å². The van der Waals surface area contributed by atoms with Crippen molar-refractivity contribution in [2.24, 2.45) is 0 Å². The number of aliphatic hydroxyl groups is 1. The highest BCUT2D eigenvalue weighted by Crippen LogP contribution is 2.16. The van der Waals surface area contributed by atoms with Crippen LogP contribution in [0.5, 0.6) is 5.75 Å². The van der Waals surface area contributed by atoms with Gasteiger partial charge >= 0.3 is 0 Å². The van der Waals surface area contributed by atoms with Crippen LogP contribution in [0.3, 0.4) is 0 Å². The molecule has 0 aromatic heterocycles. The molecule has 1 heterocycles. The number of aliphatic hydroxyl groups excluding tert-OH is 1. The van der Waals surface area contributed by atoms with Crippen LogP contribution in [0.15, 0.2) is 24.3 Å². The molecule has 1 aliphatic rings. The predicted molar refractivity (Wildman–Crippen MR) is 59.1 cm³/mol. The fourth-order valence-electron chi connectivity index (χ4n) is 1.98. The number of hydrogen-bond acceptors (Lipinski definition) is 3. The fourth-order valence-corrected chi connectivity index (χ4v) is 1.98. The SMILES string of the molecule is COc1ccc(CC2NCCC2O)cc1. The first-order chi connectivity index (χ1) is 7.29. The fraction of sp³-hybridized carbons (Fsp3) is 0.500. The molecule has 0 aliphatic carbocycles. The predicted octanol–water partition coefficient (Wildman–Crippen LogP) is 0.960. The average Bonchev–Trinajstić information content (AvgIpc) is 2.66. The van der Waals surface area contributed by atoms with Gasteiger partial charge < -0.3 is 15.2 Å². The molecule has 1 aromatic carbocycles. The Bertz CT molecular complexity index is 310. The van der Waals surface area contributed by atoms with Crippen molar-refractivity contribution in [2.45, 2.75) is 25.0 Å². The molecule has 15 heavy (non-hydrogen) atoms. The molecule has 0 bridgehead atoms. The molecule has 0 saturated carbocycles. The first-order valence-corrected chi connectivity index (χ1v) is 5.34. The lowest BCUT2D eigenvalue weighted by molar-refractivity contribution is 0.159. The third-order valence-corrected chi connectivity index (χ3v) is 2.93. The molecule has 1 fully saturated rings. The van der Waals surface area contributed by atoms with Gasteiger partial charge in [-0.25, -0.2) is 0 Å². The average molecular weight is 207 g/mol. The van der Waals surface area contributed by atoms with Gasteiger partial charge in [0, 0.05) is 6.04 Å². The number of ether oxygens (including phenoxy) is 1. The molecule has 3 heteroatoms. The van der Waals surface area contributed by atoms with E-state index in [9.17, 15) is 5.11 Å². The zero-order chi connectivity index (χ0) is 10.7. The monoisotopic (exact) mass is 207 g/mol. The number of rotatable bonds is 3. The molecule has 0 radical (unpaired) electrons. The molecule has 1 aromatic rings. The summed E-state index contributed by atoms with van der Waals surface area (Å²) in [5.41, 5.74) is 1.23. The van der Waals surface area contributed by atoms with Crippen LogP contribution in [0.4, 0.5) is 0 Å². The van der Waals surface area contributed by atoms with E-state index in [0.717, 1.165) is 25.1 Å². The quantitative estimate of drug-likeness (QED) is 0.775. The van der Waals surface area contributed by atoms with Gasteiger partial charge in [-0.3, -0.25) is 0 Å². The van der Waals surface area contributed by atoms with Gasteiger partial charge in [0.05, 0.1) is 13.2 Å². The number of benzene rings is 1. The van der Waals surface area contributed by atoms with E-state index in [1.807, 2.05) is 24.3 Å². The highest BCUT2D eigenvalue weighted by Gasteiger charge is 2.24. The first kappa shape index (κ1) is 10.5. The third kappa shape index (κ3) is 2.49. The maximum Gasteiger partial charge on any atom is 0.118 e. The van der Waals surface area contributed by atoms with Gasteiger partial charge in [-0.1, -0.05) is 12.1 Å². The maximum atomic E-state index is 9.66. The van der Waals surface area contributed by atoms with Crippen LogP contribution >= 0.6 is 0 Å². The molecule has 3 nitrogen and oxygen atoms in total. The third-order valence-electron chi connectivity index (χ3n) is 2.93. The number of nitrogens with one attached hydrogen (secondary N) is 1. The lowest BCUT2D eigenvalue weighted by Crippen LogP contribution is -2.32. The Hall–Kier alpha value is -1.06. The van der Waals surface area contributed by atoms with Crippen molar-refractivity contribution in [2.75, 3.05) is 13.7 Å². The summed E-state index contributed by atoms with van der Waals surface area (Å²) in [6.45, 7) is 0.919. The van der Waals surface area contributed by atoms with E-state index in [4.69, 9.17) is 4.74 Å². The molecule has 0 spiro atoms. The summed E-state index contributed by atoms with van der Waals surface area (Å²) in [4.78, 5) is 0. The Kier molecular flexibility index (Phi) is 3.23. The summed E-state index contributed by atoms with van der Waals surface area (Å²) >= 11 is 0. The van der Waals surface area contributed by atoms with E-state index in [-0.39, 0.29) is 12.1 Å². The minimum Gasteiger partial charge on any atom is -0.497 e. The van der Waals surface area contributed by atoms with E-state index < -0.39 is 0 Å². The lowest BCUT2D eigenvalue weighted by atomic mass is 10.0. The highest BCUT2D eigenvalue weighted by atomic mass is 16.5. The summed E-state index contributed by atoms with van der Waals surface area (Å²) in [7, 11) is 1.66. The van der Waals surface area contributed by atoms with E-state index in [2.05, 4.69) is 5.32 Å². The molecule has 2 atom stereocenters. The first-order valence-electron chi connectivity index (χ1n) is 5.34. The maximum absolute atomic E-state index is 9.66. The van der Waals surface area contributed by atoms with Crippen molar-refractivity contribution < 1.29 is 9.84 Å². The zero-order valence-electron chi connectivity index (χ0n) is 8.94.